The molecule has 1 aromatic heterocycles. The molecule has 0 atom stereocenters. The van der Waals surface area contributed by atoms with Crippen LogP contribution in [0.15, 0.2) is 35.8 Å². The zero-order valence-corrected chi connectivity index (χ0v) is 17.2. The molecule has 0 unspecified atom stereocenters. The Labute approximate surface area is 172 Å². The van der Waals surface area contributed by atoms with Crippen LogP contribution in [0.5, 0.6) is 0 Å². The second-order valence-electron chi connectivity index (χ2n) is 6.71. The lowest BCUT2D eigenvalue weighted by molar-refractivity contribution is -0.126. The van der Waals surface area contributed by atoms with Crippen molar-refractivity contribution in [3.8, 4) is 0 Å². The van der Waals surface area contributed by atoms with Gasteiger partial charge >= 0.3 is 5.97 Å². The molecule has 3 rings (SSSR count). The average Bonchev–Trinajstić information content (AvgIpc) is 3.15. The highest BCUT2D eigenvalue weighted by Gasteiger charge is 2.13. The molecule has 1 heterocycles. The van der Waals surface area contributed by atoms with Crippen LogP contribution in [0, 0.1) is 20.8 Å². The highest BCUT2D eigenvalue weighted by Crippen LogP contribution is 2.22. The van der Waals surface area contributed by atoms with Crippen LogP contribution < -0.4 is 10.6 Å². The summed E-state index contributed by atoms with van der Waals surface area (Å²) in [6.07, 6.45) is 0. The number of ether oxygens (including phenoxy) is 1. The van der Waals surface area contributed by atoms with E-state index in [1.165, 1.54) is 11.3 Å². The fraction of sp³-hybridized carbons (Fsp3) is 0.238. The van der Waals surface area contributed by atoms with Crippen molar-refractivity contribution in [2.24, 2.45) is 0 Å². The van der Waals surface area contributed by atoms with Gasteiger partial charge in [-0.2, -0.15) is 0 Å². The Hall–Kier alpha value is -3.26. The maximum Gasteiger partial charge on any atom is 0.338 e. The number of hydrogen-bond acceptors (Lipinski definition) is 6. The Bertz CT molecular complexity index is 1070. The van der Waals surface area contributed by atoms with Crippen molar-refractivity contribution in [1.82, 2.24) is 10.3 Å². The zero-order chi connectivity index (χ0) is 21.0. The van der Waals surface area contributed by atoms with Gasteiger partial charge < -0.3 is 15.4 Å². The molecule has 0 fully saturated rings. The molecule has 0 spiro atoms. The van der Waals surface area contributed by atoms with Gasteiger partial charge in [0.2, 0.25) is 5.91 Å². The number of thiazole rings is 1. The number of aromatic nitrogens is 1. The second kappa shape index (κ2) is 8.83. The summed E-state index contributed by atoms with van der Waals surface area (Å²) in [5.74, 6) is -1.51. The number of anilines is 1. The van der Waals surface area contributed by atoms with Crippen molar-refractivity contribution in [2.45, 2.75) is 20.8 Å². The minimum Gasteiger partial charge on any atom is -0.452 e. The second-order valence-corrected chi connectivity index (χ2v) is 7.60. The summed E-state index contributed by atoms with van der Waals surface area (Å²) in [7, 11) is 0. The SMILES string of the molecule is Cc1cc(C)c(NC(=O)CNC(=O)COC(=O)c2ccc3ncsc3c2)c(C)c1. The highest BCUT2D eigenvalue weighted by atomic mass is 32.1. The molecular weight excluding hydrogens is 390 g/mol. The number of nitrogens with one attached hydrogen (secondary N) is 2. The van der Waals surface area contributed by atoms with E-state index in [2.05, 4.69) is 15.6 Å². The molecule has 2 N–H and O–H groups in total. The molecule has 0 aliphatic carbocycles. The minimum absolute atomic E-state index is 0.212. The molecule has 0 saturated carbocycles. The van der Waals surface area contributed by atoms with Crippen molar-refractivity contribution >= 4 is 45.0 Å². The molecule has 0 bridgehead atoms. The Balaban J connectivity index is 1.47. The molecule has 0 radical (unpaired) electrons. The van der Waals surface area contributed by atoms with Crippen molar-refractivity contribution in [3.05, 3.63) is 58.1 Å². The van der Waals surface area contributed by atoms with Gasteiger partial charge in [-0.3, -0.25) is 9.59 Å². The third kappa shape index (κ3) is 5.17. The first-order valence-electron chi connectivity index (χ1n) is 8.98. The van der Waals surface area contributed by atoms with Crippen LogP contribution in [0.1, 0.15) is 27.0 Å². The molecule has 2 amide bonds. The van der Waals surface area contributed by atoms with Crippen molar-refractivity contribution in [1.29, 1.82) is 0 Å². The first-order chi connectivity index (χ1) is 13.8. The monoisotopic (exact) mass is 411 g/mol. The third-order valence-corrected chi connectivity index (χ3v) is 5.08. The lowest BCUT2D eigenvalue weighted by atomic mass is 10.1. The van der Waals surface area contributed by atoms with E-state index in [0.717, 1.165) is 32.6 Å². The van der Waals surface area contributed by atoms with Crippen LogP contribution in [-0.2, 0) is 14.3 Å². The predicted octanol–water partition coefficient (Wildman–Crippen LogP) is 3.13. The number of fused-ring (bicyclic) bond motifs is 1. The normalized spacial score (nSPS) is 10.6. The number of carbonyl (C=O) groups excluding carboxylic acids is 3. The number of nitrogens with zero attached hydrogens (tertiary/aromatic N) is 1. The Kier molecular flexibility index (Phi) is 6.23. The average molecular weight is 411 g/mol. The lowest BCUT2D eigenvalue weighted by Gasteiger charge is -2.13. The summed E-state index contributed by atoms with van der Waals surface area (Å²) < 4.78 is 5.88. The van der Waals surface area contributed by atoms with E-state index < -0.39 is 18.5 Å². The summed E-state index contributed by atoms with van der Waals surface area (Å²) in [5.41, 5.74) is 6.59. The summed E-state index contributed by atoms with van der Waals surface area (Å²) >= 11 is 1.42. The summed E-state index contributed by atoms with van der Waals surface area (Å²) in [4.78, 5) is 40.3. The van der Waals surface area contributed by atoms with Crippen LogP contribution in [0.3, 0.4) is 0 Å². The van der Waals surface area contributed by atoms with Gasteiger partial charge in [-0.05, 0) is 50.1 Å². The van der Waals surface area contributed by atoms with Gasteiger partial charge in [-0.1, -0.05) is 17.7 Å². The molecule has 0 saturated heterocycles. The maximum absolute atomic E-state index is 12.1. The number of hydrogen-bond donors (Lipinski definition) is 2. The standard InChI is InChI=1S/C21H21N3O4S/c1-12-6-13(2)20(14(3)7-12)24-18(25)9-22-19(26)10-28-21(27)15-4-5-16-17(8-15)29-11-23-16/h4-8,11H,9-10H2,1-3H3,(H,22,26)(H,24,25). The quantitative estimate of drug-likeness (QED) is 0.608. The maximum atomic E-state index is 12.1. The van der Waals surface area contributed by atoms with E-state index in [1.54, 1.807) is 23.7 Å². The molecule has 7 nitrogen and oxygen atoms in total. The number of aryl methyl sites for hydroxylation is 3. The number of benzene rings is 2. The molecule has 29 heavy (non-hydrogen) atoms. The van der Waals surface area contributed by atoms with Gasteiger partial charge in [0.05, 0.1) is 27.8 Å². The predicted molar refractivity (Wildman–Crippen MR) is 112 cm³/mol. The van der Waals surface area contributed by atoms with Gasteiger partial charge in [0.25, 0.3) is 5.91 Å². The van der Waals surface area contributed by atoms with E-state index in [0.29, 0.717) is 5.56 Å². The molecule has 2 aromatic carbocycles. The van der Waals surface area contributed by atoms with Gasteiger partial charge in [0, 0.05) is 5.69 Å². The van der Waals surface area contributed by atoms with Crippen LogP contribution >= 0.6 is 11.3 Å². The van der Waals surface area contributed by atoms with Crippen molar-refractivity contribution in [3.63, 3.8) is 0 Å². The number of amides is 2. The Morgan fingerprint density at radius 3 is 2.48 bits per heavy atom. The number of carbonyl (C=O) groups is 3. The zero-order valence-electron chi connectivity index (χ0n) is 16.4. The van der Waals surface area contributed by atoms with Gasteiger partial charge in [0.15, 0.2) is 6.61 Å². The highest BCUT2D eigenvalue weighted by molar-refractivity contribution is 7.16. The van der Waals surface area contributed by atoms with Crippen molar-refractivity contribution in [2.75, 3.05) is 18.5 Å². The largest absolute Gasteiger partial charge is 0.452 e. The van der Waals surface area contributed by atoms with Crippen molar-refractivity contribution < 1.29 is 19.1 Å². The molecule has 3 aromatic rings. The Morgan fingerprint density at radius 2 is 1.76 bits per heavy atom. The fourth-order valence-corrected chi connectivity index (χ4v) is 3.70. The number of esters is 1. The molecule has 150 valence electrons. The van der Waals surface area contributed by atoms with E-state index in [9.17, 15) is 14.4 Å². The summed E-state index contributed by atoms with van der Waals surface area (Å²) in [5, 5.41) is 5.25. The van der Waals surface area contributed by atoms with Gasteiger partial charge in [-0.25, -0.2) is 9.78 Å². The fourth-order valence-electron chi connectivity index (χ4n) is 2.99. The van der Waals surface area contributed by atoms with E-state index in [4.69, 9.17) is 4.74 Å². The molecule has 0 aliphatic heterocycles. The van der Waals surface area contributed by atoms with Crippen LogP contribution in [0.25, 0.3) is 10.2 Å². The summed E-state index contributed by atoms with van der Waals surface area (Å²) in [6, 6.07) is 8.95. The smallest absolute Gasteiger partial charge is 0.338 e. The lowest BCUT2D eigenvalue weighted by Crippen LogP contribution is -2.35. The molecule has 0 aliphatic rings. The van der Waals surface area contributed by atoms with E-state index >= 15 is 0 Å². The van der Waals surface area contributed by atoms with E-state index in [-0.39, 0.29) is 12.5 Å². The number of rotatable bonds is 6. The van der Waals surface area contributed by atoms with Crippen LogP contribution in [0.2, 0.25) is 0 Å². The topological polar surface area (TPSA) is 97.4 Å². The minimum atomic E-state index is -0.606. The third-order valence-electron chi connectivity index (χ3n) is 4.29. The van der Waals surface area contributed by atoms with Crippen LogP contribution in [-0.4, -0.2) is 35.9 Å². The first-order valence-corrected chi connectivity index (χ1v) is 9.86. The molecule has 8 heteroatoms. The van der Waals surface area contributed by atoms with Gasteiger partial charge in [-0.15, -0.1) is 11.3 Å². The first kappa shape index (κ1) is 20.5. The molecular formula is C21H21N3O4S. The van der Waals surface area contributed by atoms with Gasteiger partial charge in [0.1, 0.15) is 0 Å². The Morgan fingerprint density at radius 1 is 1.03 bits per heavy atom. The summed E-state index contributed by atoms with van der Waals surface area (Å²) in [6.45, 7) is 5.14. The van der Waals surface area contributed by atoms with Crippen LogP contribution in [0.4, 0.5) is 5.69 Å². The van der Waals surface area contributed by atoms with E-state index in [1.807, 2.05) is 32.9 Å².